The van der Waals surface area contributed by atoms with Gasteiger partial charge in [0.2, 0.25) is 11.8 Å². The number of aromatic nitrogens is 2. The molecule has 0 fully saturated rings. The lowest BCUT2D eigenvalue weighted by Crippen LogP contribution is -2.51. The van der Waals surface area contributed by atoms with Gasteiger partial charge in [0.25, 0.3) is 5.91 Å². The Bertz CT molecular complexity index is 1480. The molecule has 3 atom stereocenters. The number of phenols is 1. The number of amides is 2. The molecule has 0 aliphatic carbocycles. The molecule has 1 heterocycles. The van der Waals surface area contributed by atoms with Crippen LogP contribution in [0.4, 0.5) is 0 Å². The maximum Gasteiger partial charge on any atom is 0.255 e. The van der Waals surface area contributed by atoms with E-state index in [1.165, 1.54) is 0 Å². The summed E-state index contributed by atoms with van der Waals surface area (Å²) in [6.45, 7) is 4.40. The normalized spacial score (nSPS) is 12.7. The minimum Gasteiger partial charge on any atom is -0.508 e. The van der Waals surface area contributed by atoms with Crippen molar-refractivity contribution >= 4 is 17.8 Å². The summed E-state index contributed by atoms with van der Waals surface area (Å²) in [7, 11) is 0. The summed E-state index contributed by atoms with van der Waals surface area (Å²) < 4.78 is 5.57. The molecule has 45 heavy (non-hydrogen) atoms. The quantitative estimate of drug-likeness (QED) is 0.0557. The molecule has 0 spiro atoms. The molecule has 0 aliphatic rings. The first kappa shape index (κ1) is 34.6. The first-order valence-corrected chi connectivity index (χ1v) is 14.9. The molecule has 0 bridgehead atoms. The molecule has 0 saturated carbocycles. The van der Waals surface area contributed by atoms with Crippen LogP contribution in [-0.4, -0.2) is 58.2 Å². The maximum absolute atomic E-state index is 13.7. The molecule has 240 valence electrons. The molecular formula is C32H43N9O4. The molecule has 0 aliphatic heterocycles. The number of benzene rings is 2. The van der Waals surface area contributed by atoms with Crippen molar-refractivity contribution in [3.8, 4) is 17.6 Å². The SMILES string of the molecule is Cc1cc(O)cc(C)c1C#C[C@H](NC(=O)C(N)CCCN=C(N)N)C(=O)N[C@@H](CCCCN)c1nc(Cc2ccccc2)no1. The number of carbonyl (C=O) groups is 2. The monoisotopic (exact) mass is 617 g/mol. The average molecular weight is 618 g/mol. The molecule has 0 saturated heterocycles. The zero-order valence-corrected chi connectivity index (χ0v) is 25.8. The number of phenolic OH excluding ortho intramolecular Hbond substituents is 1. The van der Waals surface area contributed by atoms with Crippen LogP contribution in [0.2, 0.25) is 0 Å². The third kappa shape index (κ3) is 11.3. The lowest BCUT2D eigenvalue weighted by atomic mass is 10.0. The van der Waals surface area contributed by atoms with E-state index in [-0.39, 0.29) is 24.0 Å². The van der Waals surface area contributed by atoms with Crippen molar-refractivity contribution in [1.29, 1.82) is 0 Å². The van der Waals surface area contributed by atoms with Gasteiger partial charge in [-0.3, -0.25) is 14.6 Å². The van der Waals surface area contributed by atoms with Gasteiger partial charge in [0.05, 0.1) is 6.04 Å². The highest BCUT2D eigenvalue weighted by Gasteiger charge is 2.27. The van der Waals surface area contributed by atoms with Crippen molar-refractivity contribution in [3.05, 3.63) is 76.4 Å². The zero-order valence-electron chi connectivity index (χ0n) is 25.8. The van der Waals surface area contributed by atoms with Crippen LogP contribution in [0.5, 0.6) is 5.75 Å². The Balaban J connectivity index is 1.84. The zero-order chi connectivity index (χ0) is 32.8. The molecule has 13 heteroatoms. The van der Waals surface area contributed by atoms with Crippen LogP contribution >= 0.6 is 0 Å². The van der Waals surface area contributed by atoms with Crippen LogP contribution in [0.15, 0.2) is 52.0 Å². The van der Waals surface area contributed by atoms with Gasteiger partial charge in [-0.1, -0.05) is 47.3 Å². The Kier molecular flexibility index (Phi) is 13.4. The van der Waals surface area contributed by atoms with Gasteiger partial charge in [-0.2, -0.15) is 4.98 Å². The number of nitrogens with two attached hydrogens (primary N) is 4. The fourth-order valence-electron chi connectivity index (χ4n) is 4.61. The summed E-state index contributed by atoms with van der Waals surface area (Å²) in [5, 5.41) is 19.7. The van der Waals surface area contributed by atoms with Crippen LogP contribution in [0.1, 0.15) is 72.1 Å². The van der Waals surface area contributed by atoms with Gasteiger partial charge in [0.1, 0.15) is 11.8 Å². The van der Waals surface area contributed by atoms with Crippen molar-refractivity contribution in [2.75, 3.05) is 13.1 Å². The molecular weight excluding hydrogens is 574 g/mol. The van der Waals surface area contributed by atoms with E-state index in [2.05, 4.69) is 37.6 Å². The van der Waals surface area contributed by atoms with Gasteiger partial charge in [0.15, 0.2) is 17.8 Å². The van der Waals surface area contributed by atoms with Gasteiger partial charge in [-0.15, -0.1) is 0 Å². The first-order chi connectivity index (χ1) is 21.6. The Morgan fingerprint density at radius 3 is 2.40 bits per heavy atom. The van der Waals surface area contributed by atoms with Crippen LogP contribution in [-0.2, 0) is 16.0 Å². The molecule has 13 nitrogen and oxygen atoms in total. The van der Waals surface area contributed by atoms with E-state index in [9.17, 15) is 14.7 Å². The molecule has 2 amide bonds. The molecule has 3 rings (SSSR count). The number of unbranched alkanes of at least 4 members (excludes halogenated alkanes) is 1. The molecule has 1 unspecified atom stereocenters. The standard InChI is InChI=1S/C32H43N9O4/c1-20-17-23(42)18-21(2)24(20)13-14-26(38-29(43)25(34)11-8-16-37-32(35)36)30(44)39-27(12-6-7-15-33)31-40-28(41-45-31)19-22-9-4-3-5-10-22/h3-5,9-10,17-18,25-27,42H,6-8,11-12,15-16,19,33-34H2,1-2H3,(H,38,43)(H,39,44)(H4,35,36,37)/t25?,26-,27-/m0/s1. The van der Waals surface area contributed by atoms with Crippen molar-refractivity contribution in [2.45, 2.75) is 70.5 Å². The van der Waals surface area contributed by atoms with Crippen molar-refractivity contribution in [3.63, 3.8) is 0 Å². The number of guanidine groups is 1. The minimum atomic E-state index is -1.27. The highest BCUT2D eigenvalue weighted by atomic mass is 16.5. The molecule has 0 radical (unpaired) electrons. The van der Waals surface area contributed by atoms with Crippen molar-refractivity contribution < 1.29 is 19.2 Å². The third-order valence-corrected chi connectivity index (χ3v) is 6.96. The number of nitrogens with one attached hydrogen (secondary N) is 2. The highest BCUT2D eigenvalue weighted by Crippen LogP contribution is 2.21. The predicted molar refractivity (Wildman–Crippen MR) is 172 cm³/mol. The van der Waals surface area contributed by atoms with Crippen LogP contribution < -0.4 is 33.6 Å². The summed E-state index contributed by atoms with van der Waals surface area (Å²) in [6.07, 6.45) is 3.11. The highest BCUT2D eigenvalue weighted by molar-refractivity contribution is 5.92. The Hall–Kier alpha value is -4.93. The largest absolute Gasteiger partial charge is 0.508 e. The maximum atomic E-state index is 13.7. The van der Waals surface area contributed by atoms with E-state index in [1.807, 2.05) is 30.3 Å². The Labute approximate surface area is 263 Å². The fourth-order valence-corrected chi connectivity index (χ4v) is 4.61. The molecule has 2 aromatic carbocycles. The number of nitrogens with zero attached hydrogens (tertiary/aromatic N) is 3. The summed E-state index contributed by atoms with van der Waals surface area (Å²) >= 11 is 0. The lowest BCUT2D eigenvalue weighted by molar-refractivity contribution is -0.128. The van der Waals surface area contributed by atoms with Crippen LogP contribution in [0, 0.1) is 25.7 Å². The number of carbonyl (C=O) groups excluding carboxylic acids is 2. The summed E-state index contributed by atoms with van der Waals surface area (Å²) in [4.78, 5) is 35.2. The van der Waals surface area contributed by atoms with Gasteiger partial charge in [-0.05, 0) is 81.3 Å². The number of rotatable bonds is 15. The van der Waals surface area contributed by atoms with Crippen LogP contribution in [0.25, 0.3) is 0 Å². The van der Waals surface area contributed by atoms with E-state index in [0.717, 1.165) is 23.1 Å². The topological polar surface area (TPSA) is 234 Å². The molecule has 11 N–H and O–H groups in total. The minimum absolute atomic E-state index is 0.0469. The lowest BCUT2D eigenvalue weighted by Gasteiger charge is -2.20. The van der Waals surface area contributed by atoms with E-state index in [4.69, 9.17) is 27.5 Å². The number of hydrogen-bond acceptors (Lipinski definition) is 9. The molecule has 1 aromatic heterocycles. The molecule has 3 aromatic rings. The van der Waals surface area contributed by atoms with E-state index in [0.29, 0.717) is 50.2 Å². The first-order valence-electron chi connectivity index (χ1n) is 14.9. The van der Waals surface area contributed by atoms with Crippen molar-refractivity contribution in [2.24, 2.45) is 27.9 Å². The second-order valence-electron chi connectivity index (χ2n) is 10.8. The fraction of sp³-hybridized carbons (Fsp3) is 0.406. The van der Waals surface area contributed by atoms with Gasteiger partial charge >= 0.3 is 0 Å². The van der Waals surface area contributed by atoms with E-state index >= 15 is 0 Å². The second kappa shape index (κ2) is 17.4. The smallest absolute Gasteiger partial charge is 0.255 e. The number of aromatic hydroxyl groups is 1. The Morgan fingerprint density at radius 2 is 1.73 bits per heavy atom. The van der Waals surface area contributed by atoms with Gasteiger partial charge in [0, 0.05) is 18.5 Å². The summed E-state index contributed by atoms with van der Waals surface area (Å²) in [5.74, 6) is 5.55. The summed E-state index contributed by atoms with van der Waals surface area (Å²) in [5.41, 5.74) is 25.6. The van der Waals surface area contributed by atoms with E-state index in [1.54, 1.807) is 26.0 Å². The predicted octanol–water partition coefficient (Wildman–Crippen LogP) is 1.19. The average Bonchev–Trinajstić information content (AvgIpc) is 3.46. The van der Waals surface area contributed by atoms with Gasteiger partial charge in [-0.25, -0.2) is 0 Å². The van der Waals surface area contributed by atoms with Gasteiger partial charge < -0.3 is 43.2 Å². The van der Waals surface area contributed by atoms with Crippen molar-refractivity contribution in [1.82, 2.24) is 20.8 Å². The third-order valence-electron chi connectivity index (χ3n) is 6.96. The number of aliphatic imine (C=N–C) groups is 1. The van der Waals surface area contributed by atoms with Crippen LogP contribution in [0.3, 0.4) is 0 Å². The number of aryl methyl sites for hydroxylation is 2. The summed E-state index contributed by atoms with van der Waals surface area (Å²) in [6, 6.07) is 10.0. The second-order valence-corrected chi connectivity index (χ2v) is 10.8. The Morgan fingerprint density at radius 1 is 1.02 bits per heavy atom. The number of hydrogen-bond donors (Lipinski definition) is 7. The van der Waals surface area contributed by atoms with E-state index < -0.39 is 29.9 Å².